The quantitative estimate of drug-likeness (QED) is 0.811. The molecular weight excluding hydrogens is 274 g/mol. The molecule has 1 heterocycles. The third kappa shape index (κ3) is 3.27. The van der Waals surface area contributed by atoms with Gasteiger partial charge in [0.05, 0.1) is 11.3 Å². The molecule has 0 unspecified atom stereocenters. The van der Waals surface area contributed by atoms with E-state index in [2.05, 4.69) is 31.1 Å². The first kappa shape index (κ1) is 14.3. The standard InChI is InChI=1S/C14H17N3O2S/c1-14(2,3)17-13-16-10(7-20-13)8-4-5-11(18)9(6-8)12(15)19/h4-7,18H,1-3H3,(H2,15,19)(H,16,17). The summed E-state index contributed by atoms with van der Waals surface area (Å²) in [5.41, 5.74) is 6.74. The number of benzene rings is 1. The number of nitrogens with two attached hydrogens (primary N) is 1. The molecule has 0 atom stereocenters. The first-order chi connectivity index (χ1) is 9.26. The summed E-state index contributed by atoms with van der Waals surface area (Å²) in [6.07, 6.45) is 0. The molecule has 2 rings (SSSR count). The van der Waals surface area contributed by atoms with Gasteiger partial charge in [-0.05, 0) is 39.0 Å². The minimum Gasteiger partial charge on any atom is -0.507 e. The van der Waals surface area contributed by atoms with Crippen molar-refractivity contribution in [2.45, 2.75) is 26.3 Å². The normalized spacial score (nSPS) is 11.3. The lowest BCUT2D eigenvalue weighted by Crippen LogP contribution is -2.25. The molecule has 4 N–H and O–H groups in total. The summed E-state index contributed by atoms with van der Waals surface area (Å²) in [4.78, 5) is 15.7. The highest BCUT2D eigenvalue weighted by molar-refractivity contribution is 7.14. The monoisotopic (exact) mass is 291 g/mol. The molecule has 1 amide bonds. The minimum atomic E-state index is -0.660. The fourth-order valence-electron chi connectivity index (χ4n) is 1.68. The van der Waals surface area contributed by atoms with Crippen LogP contribution >= 0.6 is 11.3 Å². The van der Waals surface area contributed by atoms with E-state index in [1.807, 2.05) is 5.38 Å². The van der Waals surface area contributed by atoms with Crippen molar-refractivity contribution in [2.24, 2.45) is 5.73 Å². The van der Waals surface area contributed by atoms with Crippen molar-refractivity contribution in [1.82, 2.24) is 4.98 Å². The molecule has 106 valence electrons. The summed E-state index contributed by atoms with van der Waals surface area (Å²) in [5, 5.41) is 15.6. The van der Waals surface area contributed by atoms with Crippen molar-refractivity contribution in [3.63, 3.8) is 0 Å². The highest BCUT2D eigenvalue weighted by Gasteiger charge is 2.14. The Morgan fingerprint density at radius 3 is 2.70 bits per heavy atom. The van der Waals surface area contributed by atoms with E-state index in [-0.39, 0.29) is 16.9 Å². The Hall–Kier alpha value is -2.08. The second kappa shape index (κ2) is 5.13. The molecule has 20 heavy (non-hydrogen) atoms. The maximum Gasteiger partial charge on any atom is 0.252 e. The Kier molecular flexibility index (Phi) is 3.67. The molecule has 0 aliphatic carbocycles. The zero-order valence-electron chi connectivity index (χ0n) is 11.6. The molecule has 2 aromatic rings. The van der Waals surface area contributed by atoms with Crippen LogP contribution in [0, 0.1) is 0 Å². The number of carbonyl (C=O) groups excluding carboxylic acids is 1. The van der Waals surface area contributed by atoms with Crippen LogP contribution in [-0.4, -0.2) is 21.5 Å². The van der Waals surface area contributed by atoms with Crippen LogP contribution < -0.4 is 11.1 Å². The van der Waals surface area contributed by atoms with Crippen LogP contribution in [0.25, 0.3) is 11.3 Å². The number of hydrogen-bond donors (Lipinski definition) is 3. The Labute approximate surface area is 121 Å². The van der Waals surface area contributed by atoms with Crippen molar-refractivity contribution in [3.8, 4) is 17.0 Å². The predicted molar refractivity (Wildman–Crippen MR) is 81.1 cm³/mol. The average molecular weight is 291 g/mol. The Morgan fingerprint density at radius 2 is 2.10 bits per heavy atom. The lowest BCUT2D eigenvalue weighted by atomic mass is 10.1. The van der Waals surface area contributed by atoms with Gasteiger partial charge in [-0.3, -0.25) is 4.79 Å². The van der Waals surface area contributed by atoms with Gasteiger partial charge in [-0.2, -0.15) is 0 Å². The molecular formula is C14H17N3O2S. The van der Waals surface area contributed by atoms with Gasteiger partial charge >= 0.3 is 0 Å². The maximum atomic E-state index is 11.2. The van der Waals surface area contributed by atoms with Crippen LogP contribution in [0.5, 0.6) is 5.75 Å². The number of rotatable bonds is 3. The van der Waals surface area contributed by atoms with Crippen LogP contribution in [0.2, 0.25) is 0 Å². The number of nitrogens with one attached hydrogen (secondary N) is 1. The Balaban J connectivity index is 2.33. The van der Waals surface area contributed by atoms with E-state index in [4.69, 9.17) is 5.73 Å². The van der Waals surface area contributed by atoms with Crippen molar-refractivity contribution >= 4 is 22.4 Å². The third-order valence-electron chi connectivity index (χ3n) is 2.54. The van der Waals surface area contributed by atoms with E-state index in [1.54, 1.807) is 12.1 Å². The molecule has 1 aromatic heterocycles. The number of aromatic hydroxyl groups is 1. The number of aromatic nitrogens is 1. The maximum absolute atomic E-state index is 11.2. The molecule has 0 aliphatic rings. The second-order valence-electron chi connectivity index (χ2n) is 5.51. The number of thiazole rings is 1. The highest BCUT2D eigenvalue weighted by atomic mass is 32.1. The largest absolute Gasteiger partial charge is 0.507 e. The van der Waals surface area contributed by atoms with Crippen LogP contribution in [-0.2, 0) is 0 Å². The minimum absolute atomic E-state index is 0.0670. The first-order valence-corrected chi connectivity index (χ1v) is 7.01. The molecule has 6 heteroatoms. The van der Waals surface area contributed by atoms with Crippen LogP contribution in [0.3, 0.4) is 0 Å². The number of primary amides is 1. The molecule has 0 aliphatic heterocycles. The van der Waals surface area contributed by atoms with Gasteiger partial charge in [-0.15, -0.1) is 11.3 Å². The predicted octanol–water partition coefficient (Wildman–Crippen LogP) is 2.83. The van der Waals surface area contributed by atoms with Gasteiger partial charge in [0.1, 0.15) is 5.75 Å². The molecule has 0 bridgehead atoms. The van der Waals surface area contributed by atoms with Gasteiger partial charge < -0.3 is 16.2 Å². The van der Waals surface area contributed by atoms with Gasteiger partial charge in [-0.25, -0.2) is 4.98 Å². The van der Waals surface area contributed by atoms with Crippen LogP contribution in [0.1, 0.15) is 31.1 Å². The zero-order valence-corrected chi connectivity index (χ0v) is 12.4. The van der Waals surface area contributed by atoms with E-state index in [0.717, 1.165) is 16.4 Å². The van der Waals surface area contributed by atoms with Crippen LogP contribution in [0.4, 0.5) is 5.13 Å². The summed E-state index contributed by atoms with van der Waals surface area (Å²) < 4.78 is 0. The summed E-state index contributed by atoms with van der Waals surface area (Å²) in [6.45, 7) is 6.17. The van der Waals surface area contributed by atoms with E-state index < -0.39 is 5.91 Å². The lowest BCUT2D eigenvalue weighted by Gasteiger charge is -2.19. The van der Waals surface area contributed by atoms with E-state index >= 15 is 0 Å². The van der Waals surface area contributed by atoms with Crippen molar-refractivity contribution in [3.05, 3.63) is 29.1 Å². The third-order valence-corrected chi connectivity index (χ3v) is 3.30. The highest BCUT2D eigenvalue weighted by Crippen LogP contribution is 2.29. The fourth-order valence-corrected chi connectivity index (χ4v) is 2.61. The summed E-state index contributed by atoms with van der Waals surface area (Å²) >= 11 is 1.49. The smallest absolute Gasteiger partial charge is 0.252 e. The number of anilines is 1. The topological polar surface area (TPSA) is 88.2 Å². The molecule has 5 nitrogen and oxygen atoms in total. The van der Waals surface area contributed by atoms with Gasteiger partial charge in [-0.1, -0.05) is 0 Å². The second-order valence-corrected chi connectivity index (χ2v) is 6.37. The summed E-state index contributed by atoms with van der Waals surface area (Å²) in [6, 6.07) is 4.71. The number of nitrogens with zero attached hydrogens (tertiary/aromatic N) is 1. The number of hydrogen-bond acceptors (Lipinski definition) is 5. The summed E-state index contributed by atoms with van der Waals surface area (Å²) in [5.74, 6) is -0.780. The molecule has 0 spiro atoms. The number of amides is 1. The van der Waals surface area contributed by atoms with E-state index in [9.17, 15) is 9.90 Å². The zero-order chi connectivity index (χ0) is 14.9. The molecule has 1 aromatic carbocycles. The van der Waals surface area contributed by atoms with Gasteiger partial charge in [0.25, 0.3) is 5.91 Å². The van der Waals surface area contributed by atoms with Crippen molar-refractivity contribution in [1.29, 1.82) is 0 Å². The number of phenols is 1. The molecule has 0 saturated carbocycles. The SMILES string of the molecule is CC(C)(C)Nc1nc(-c2ccc(O)c(C(N)=O)c2)cs1. The first-order valence-electron chi connectivity index (χ1n) is 6.13. The Morgan fingerprint density at radius 1 is 1.40 bits per heavy atom. The van der Waals surface area contributed by atoms with Gasteiger partial charge in [0.2, 0.25) is 0 Å². The van der Waals surface area contributed by atoms with Crippen LogP contribution in [0.15, 0.2) is 23.6 Å². The van der Waals surface area contributed by atoms with Gasteiger partial charge in [0, 0.05) is 16.5 Å². The number of carbonyl (C=O) groups is 1. The van der Waals surface area contributed by atoms with Crippen molar-refractivity contribution < 1.29 is 9.90 Å². The van der Waals surface area contributed by atoms with E-state index in [1.165, 1.54) is 17.4 Å². The lowest BCUT2D eigenvalue weighted by molar-refractivity contribution is 0.0998. The van der Waals surface area contributed by atoms with Gasteiger partial charge in [0.15, 0.2) is 5.13 Å². The summed E-state index contributed by atoms with van der Waals surface area (Å²) in [7, 11) is 0. The molecule has 0 fully saturated rings. The molecule has 0 saturated heterocycles. The Bertz CT molecular complexity index is 644. The van der Waals surface area contributed by atoms with Crippen molar-refractivity contribution in [2.75, 3.05) is 5.32 Å². The average Bonchev–Trinajstić information content (AvgIpc) is 2.75. The van der Waals surface area contributed by atoms with E-state index in [0.29, 0.717) is 0 Å². The molecule has 0 radical (unpaired) electrons. The fraction of sp³-hybridized carbons (Fsp3) is 0.286.